The lowest BCUT2D eigenvalue weighted by molar-refractivity contribution is -0.298. The third-order valence-corrected chi connectivity index (χ3v) is 4.41. The second-order valence-corrected chi connectivity index (χ2v) is 6.65. The average Bonchev–Trinajstić information content (AvgIpc) is 2.60. The van der Waals surface area contributed by atoms with Crippen molar-refractivity contribution >= 4 is 0 Å². The number of hydrogen-bond donors (Lipinski definition) is 6. The Labute approximate surface area is 149 Å². The summed E-state index contributed by atoms with van der Waals surface area (Å²) in [5.41, 5.74) is 0. The van der Waals surface area contributed by atoms with Crippen LogP contribution in [0.25, 0.3) is 0 Å². The summed E-state index contributed by atoms with van der Waals surface area (Å²) in [7, 11) is 0. The van der Waals surface area contributed by atoms with E-state index in [-0.39, 0.29) is 6.61 Å². The molecule has 1 unspecified atom stereocenters. The first-order valence-corrected chi connectivity index (χ1v) is 9.32. The molecule has 1 heterocycles. The van der Waals surface area contributed by atoms with E-state index in [1.54, 1.807) is 0 Å². The minimum atomic E-state index is -1.47. The van der Waals surface area contributed by atoms with Crippen molar-refractivity contribution < 1.29 is 35.0 Å². The predicted octanol–water partition coefficient (Wildman–Crippen LogP) is -0.886. The molecule has 0 aromatic heterocycles. The van der Waals surface area contributed by atoms with Crippen molar-refractivity contribution in [3.8, 4) is 0 Å². The minimum Gasteiger partial charge on any atom is -0.394 e. The van der Waals surface area contributed by atoms with Crippen LogP contribution in [0.1, 0.15) is 45.4 Å². The Kier molecular flexibility index (Phi) is 11.8. The van der Waals surface area contributed by atoms with Gasteiger partial charge in [-0.1, -0.05) is 39.0 Å². The molecule has 8 heteroatoms. The van der Waals surface area contributed by atoms with Gasteiger partial charge in [0, 0.05) is 6.54 Å². The van der Waals surface area contributed by atoms with Crippen molar-refractivity contribution in [2.75, 3.05) is 26.3 Å². The summed E-state index contributed by atoms with van der Waals surface area (Å²) in [5.74, 6) is 0. The first-order valence-electron chi connectivity index (χ1n) is 9.32. The molecule has 8 nitrogen and oxygen atoms in total. The topological polar surface area (TPSA) is 132 Å². The highest BCUT2D eigenvalue weighted by Crippen LogP contribution is 2.22. The molecule has 1 rings (SSSR count). The van der Waals surface area contributed by atoms with Gasteiger partial charge in [0.05, 0.1) is 19.3 Å². The van der Waals surface area contributed by atoms with Gasteiger partial charge in [-0.3, -0.25) is 0 Å². The smallest absolute Gasteiger partial charge is 0.184 e. The van der Waals surface area contributed by atoms with Crippen LogP contribution >= 0.6 is 0 Å². The Bertz CT molecular complexity index is 334. The Morgan fingerprint density at radius 1 is 1.04 bits per heavy atom. The molecule has 150 valence electrons. The number of aliphatic hydroxyl groups excluding tert-OH is 5. The van der Waals surface area contributed by atoms with Gasteiger partial charge in [0.1, 0.15) is 24.4 Å². The average molecular weight is 365 g/mol. The van der Waals surface area contributed by atoms with Gasteiger partial charge < -0.3 is 40.3 Å². The SMILES string of the molecule is CCCCCCCCNCC(O)CO[C@@H]1[C@@H](O)[C@@H](O)[C@@H](CO)O[C@H]1O. The number of ether oxygens (including phenoxy) is 2. The quantitative estimate of drug-likeness (QED) is 0.232. The highest BCUT2D eigenvalue weighted by Gasteiger charge is 2.44. The minimum absolute atomic E-state index is 0.109. The van der Waals surface area contributed by atoms with Crippen LogP contribution in [0, 0.1) is 0 Å². The molecular weight excluding hydrogens is 330 g/mol. The molecule has 0 aromatic rings. The van der Waals surface area contributed by atoms with Gasteiger partial charge in [-0.2, -0.15) is 0 Å². The molecule has 0 aromatic carbocycles. The lowest BCUT2D eigenvalue weighted by atomic mass is 9.99. The molecule has 1 aliphatic heterocycles. The molecule has 0 bridgehead atoms. The monoisotopic (exact) mass is 365 g/mol. The number of nitrogens with one attached hydrogen (secondary N) is 1. The standard InChI is InChI=1S/C17H35NO7/c1-2-3-4-5-6-7-8-18-9-12(20)11-24-16-15(22)14(21)13(10-19)25-17(16)23/h12-23H,2-11H2,1H3/t12?,13-,14+,15+,16-,17-/m1/s1. The molecule has 1 aliphatic rings. The maximum Gasteiger partial charge on any atom is 0.184 e. The number of aliphatic hydroxyl groups is 5. The van der Waals surface area contributed by atoms with Crippen LogP contribution < -0.4 is 5.32 Å². The first kappa shape index (κ1) is 22.7. The van der Waals surface area contributed by atoms with Gasteiger partial charge in [0.25, 0.3) is 0 Å². The zero-order valence-electron chi connectivity index (χ0n) is 15.1. The van der Waals surface area contributed by atoms with Crippen molar-refractivity contribution in [3.63, 3.8) is 0 Å². The molecule has 1 fully saturated rings. The van der Waals surface area contributed by atoms with E-state index in [0.717, 1.165) is 13.0 Å². The maximum absolute atomic E-state index is 9.93. The van der Waals surface area contributed by atoms with Crippen molar-refractivity contribution in [3.05, 3.63) is 0 Å². The van der Waals surface area contributed by atoms with E-state index in [2.05, 4.69) is 12.2 Å². The normalized spacial score (nSPS) is 31.2. The lowest BCUT2D eigenvalue weighted by Gasteiger charge is -2.40. The van der Waals surface area contributed by atoms with Crippen LogP contribution in [0.3, 0.4) is 0 Å². The van der Waals surface area contributed by atoms with E-state index in [9.17, 15) is 20.4 Å². The van der Waals surface area contributed by atoms with Gasteiger partial charge in [-0.05, 0) is 13.0 Å². The number of rotatable bonds is 13. The molecule has 0 radical (unpaired) electrons. The predicted molar refractivity (Wildman–Crippen MR) is 92.0 cm³/mol. The molecular formula is C17H35NO7. The van der Waals surface area contributed by atoms with E-state index in [1.807, 2.05) is 0 Å². The van der Waals surface area contributed by atoms with Crippen LogP contribution in [0.4, 0.5) is 0 Å². The molecule has 0 spiro atoms. The summed E-state index contributed by atoms with van der Waals surface area (Å²) < 4.78 is 10.3. The largest absolute Gasteiger partial charge is 0.394 e. The van der Waals surface area contributed by atoms with Crippen molar-refractivity contribution in [2.45, 2.75) is 82.3 Å². The first-order chi connectivity index (χ1) is 12.0. The van der Waals surface area contributed by atoms with E-state index in [1.165, 1.54) is 32.1 Å². The van der Waals surface area contributed by atoms with Gasteiger partial charge in [-0.25, -0.2) is 0 Å². The third kappa shape index (κ3) is 8.27. The molecule has 0 amide bonds. The Morgan fingerprint density at radius 3 is 2.40 bits per heavy atom. The van der Waals surface area contributed by atoms with Gasteiger partial charge in [0.2, 0.25) is 0 Å². The third-order valence-electron chi connectivity index (χ3n) is 4.41. The summed E-state index contributed by atoms with van der Waals surface area (Å²) in [6, 6.07) is 0. The highest BCUT2D eigenvalue weighted by molar-refractivity contribution is 4.89. The molecule has 0 saturated carbocycles. The fraction of sp³-hybridized carbons (Fsp3) is 1.00. The summed E-state index contributed by atoms with van der Waals surface area (Å²) in [5, 5.41) is 51.5. The summed E-state index contributed by atoms with van der Waals surface area (Å²) in [6.07, 6.45) is -0.0327. The fourth-order valence-corrected chi connectivity index (χ4v) is 2.83. The van der Waals surface area contributed by atoms with Crippen LogP contribution in [-0.2, 0) is 9.47 Å². The zero-order chi connectivity index (χ0) is 18.7. The molecule has 6 atom stereocenters. The second kappa shape index (κ2) is 12.9. The van der Waals surface area contributed by atoms with Crippen molar-refractivity contribution in [2.24, 2.45) is 0 Å². The van der Waals surface area contributed by atoms with Crippen LogP contribution in [0.5, 0.6) is 0 Å². The van der Waals surface area contributed by atoms with Crippen LogP contribution in [-0.4, -0.2) is 88.6 Å². The maximum atomic E-state index is 9.93. The van der Waals surface area contributed by atoms with Gasteiger partial charge in [0.15, 0.2) is 6.29 Å². The Morgan fingerprint density at radius 2 is 1.72 bits per heavy atom. The summed E-state index contributed by atoms with van der Waals surface area (Å²) in [6.45, 7) is 2.72. The summed E-state index contributed by atoms with van der Waals surface area (Å²) >= 11 is 0. The zero-order valence-corrected chi connectivity index (χ0v) is 15.1. The fourth-order valence-electron chi connectivity index (χ4n) is 2.83. The van der Waals surface area contributed by atoms with E-state index >= 15 is 0 Å². The second-order valence-electron chi connectivity index (χ2n) is 6.65. The molecule has 0 aliphatic carbocycles. The van der Waals surface area contributed by atoms with E-state index in [0.29, 0.717) is 6.54 Å². The molecule has 1 saturated heterocycles. The van der Waals surface area contributed by atoms with Crippen LogP contribution in [0.15, 0.2) is 0 Å². The summed E-state index contributed by atoms with van der Waals surface area (Å²) in [4.78, 5) is 0. The van der Waals surface area contributed by atoms with E-state index < -0.39 is 43.4 Å². The van der Waals surface area contributed by atoms with Gasteiger partial charge >= 0.3 is 0 Å². The van der Waals surface area contributed by atoms with Gasteiger partial charge in [-0.15, -0.1) is 0 Å². The Balaban J connectivity index is 2.13. The molecule has 6 N–H and O–H groups in total. The Hall–Kier alpha value is -0.320. The van der Waals surface area contributed by atoms with Crippen LogP contribution in [0.2, 0.25) is 0 Å². The van der Waals surface area contributed by atoms with E-state index in [4.69, 9.17) is 14.6 Å². The molecule has 25 heavy (non-hydrogen) atoms. The van der Waals surface area contributed by atoms with Crippen molar-refractivity contribution in [1.82, 2.24) is 5.32 Å². The lowest BCUT2D eigenvalue weighted by Crippen LogP contribution is -2.59. The van der Waals surface area contributed by atoms with Crippen molar-refractivity contribution in [1.29, 1.82) is 0 Å². The number of unbranched alkanes of at least 4 members (excludes halogenated alkanes) is 5. The highest BCUT2D eigenvalue weighted by atomic mass is 16.7. The number of hydrogen-bond acceptors (Lipinski definition) is 8.